The second kappa shape index (κ2) is 10.8. The summed E-state index contributed by atoms with van der Waals surface area (Å²) < 4.78 is 16.8. The number of aromatic nitrogens is 2. The van der Waals surface area contributed by atoms with Gasteiger partial charge in [0.2, 0.25) is 0 Å². The van der Waals surface area contributed by atoms with Gasteiger partial charge in [0.15, 0.2) is 0 Å². The second-order valence-electron chi connectivity index (χ2n) is 8.76. The van der Waals surface area contributed by atoms with Crippen LogP contribution in [0, 0.1) is 6.92 Å². The molecule has 7 nitrogen and oxygen atoms in total. The molecule has 37 heavy (non-hydrogen) atoms. The summed E-state index contributed by atoms with van der Waals surface area (Å²) in [5, 5.41) is 18.3. The van der Waals surface area contributed by atoms with Gasteiger partial charge in [0.25, 0.3) is 0 Å². The summed E-state index contributed by atoms with van der Waals surface area (Å²) in [7, 11) is -1.77. The van der Waals surface area contributed by atoms with Crippen molar-refractivity contribution in [2.75, 3.05) is 0 Å². The number of nitrogens with zero attached hydrogens (tertiary/aromatic N) is 3. The Morgan fingerprint density at radius 3 is 2.38 bits per heavy atom. The molecule has 0 radical (unpaired) electrons. The predicted octanol–water partition coefficient (Wildman–Crippen LogP) is 4.62. The molecule has 1 aliphatic rings. The summed E-state index contributed by atoms with van der Waals surface area (Å²) in [4.78, 5) is 12.2. The molecule has 0 bridgehead atoms. The van der Waals surface area contributed by atoms with Crippen LogP contribution in [-0.2, 0) is 22.2 Å². The van der Waals surface area contributed by atoms with E-state index in [4.69, 9.17) is 5.10 Å². The van der Waals surface area contributed by atoms with Crippen molar-refractivity contribution in [3.05, 3.63) is 113 Å². The highest BCUT2D eigenvalue weighted by molar-refractivity contribution is 7.89. The predicted molar refractivity (Wildman–Crippen MR) is 149 cm³/mol. The van der Waals surface area contributed by atoms with Crippen LogP contribution in [0.15, 0.2) is 96.2 Å². The van der Waals surface area contributed by atoms with Gasteiger partial charge in [-0.2, -0.15) is 9.40 Å². The third-order valence-electron chi connectivity index (χ3n) is 6.13. The van der Waals surface area contributed by atoms with Gasteiger partial charge in [-0.1, -0.05) is 78.4 Å². The minimum absolute atomic E-state index is 0.203. The first-order valence-electron chi connectivity index (χ1n) is 11.8. The number of carboxylic acid groups (broad SMARTS) is 1. The van der Waals surface area contributed by atoms with Crippen LogP contribution < -0.4 is 5.32 Å². The third-order valence-corrected chi connectivity index (χ3v) is 8.13. The van der Waals surface area contributed by atoms with E-state index in [1.54, 1.807) is 10.8 Å². The van der Waals surface area contributed by atoms with E-state index in [9.17, 15) is 14.1 Å². The van der Waals surface area contributed by atoms with Crippen molar-refractivity contribution in [1.29, 1.82) is 0 Å². The summed E-state index contributed by atoms with van der Waals surface area (Å²) in [5.74, 6) is -1.06. The fourth-order valence-corrected chi connectivity index (χ4v) is 6.17. The topological polar surface area (TPSA) is 87.5 Å². The van der Waals surface area contributed by atoms with Crippen molar-refractivity contribution in [2.24, 2.45) is 0 Å². The van der Waals surface area contributed by atoms with Crippen molar-refractivity contribution >= 4 is 35.7 Å². The number of hydrogen-bond acceptors (Lipinski definition) is 5. The van der Waals surface area contributed by atoms with Crippen LogP contribution in [0.4, 0.5) is 0 Å². The van der Waals surface area contributed by atoms with Gasteiger partial charge in [-0.25, -0.2) is 8.89 Å². The molecule has 1 aromatic heterocycles. The molecule has 0 aliphatic carbocycles. The Labute approximate surface area is 223 Å². The van der Waals surface area contributed by atoms with Gasteiger partial charge in [0.1, 0.15) is 33.2 Å². The average Bonchev–Trinajstić information content (AvgIpc) is 3.44. The average molecular weight is 531 g/mol. The van der Waals surface area contributed by atoms with Crippen LogP contribution in [0.3, 0.4) is 0 Å². The third kappa shape index (κ3) is 5.39. The summed E-state index contributed by atoms with van der Waals surface area (Å²) in [5.41, 5.74) is 4.53. The number of nitrogens with one attached hydrogen (secondary N) is 1. The highest BCUT2D eigenvalue weighted by Crippen LogP contribution is 2.30. The van der Waals surface area contributed by atoms with Gasteiger partial charge in [0, 0.05) is 17.3 Å². The lowest BCUT2D eigenvalue weighted by atomic mass is 10.1. The first-order chi connectivity index (χ1) is 17.9. The molecule has 1 unspecified atom stereocenters. The molecule has 5 rings (SSSR count). The number of carbonyl (C=O) groups is 1. The minimum Gasteiger partial charge on any atom is -0.480 e. The summed E-state index contributed by atoms with van der Waals surface area (Å²) in [6, 6.07) is 26.1. The van der Waals surface area contributed by atoms with Crippen LogP contribution in [0.2, 0.25) is 0 Å². The van der Waals surface area contributed by atoms with Crippen LogP contribution in [0.1, 0.15) is 16.7 Å². The van der Waals surface area contributed by atoms with E-state index in [-0.39, 0.29) is 6.42 Å². The van der Waals surface area contributed by atoms with E-state index in [1.807, 2.05) is 98.0 Å². The fourth-order valence-electron chi connectivity index (χ4n) is 4.23. The van der Waals surface area contributed by atoms with Crippen LogP contribution in [-0.4, -0.2) is 40.9 Å². The van der Waals surface area contributed by atoms with E-state index in [2.05, 4.69) is 17.9 Å². The smallest absolute Gasteiger partial charge is 0.322 e. The van der Waals surface area contributed by atoms with Crippen LogP contribution in [0.5, 0.6) is 0 Å². The van der Waals surface area contributed by atoms with Crippen LogP contribution in [0.25, 0.3) is 23.0 Å². The molecule has 2 N–H and O–H groups in total. The summed E-state index contributed by atoms with van der Waals surface area (Å²) in [6.45, 7) is 2.02. The van der Waals surface area contributed by atoms with E-state index in [0.717, 1.165) is 33.6 Å². The van der Waals surface area contributed by atoms with Gasteiger partial charge in [0.05, 0.1) is 5.69 Å². The maximum absolute atomic E-state index is 13.6. The summed E-state index contributed by atoms with van der Waals surface area (Å²) in [6.07, 6.45) is 3.85. The lowest BCUT2D eigenvalue weighted by Gasteiger charge is -2.24. The largest absolute Gasteiger partial charge is 0.480 e. The Hall–Kier alpha value is -3.66. The fraction of sp³-hybridized carbons (Fsp3) is 0.143. The SMILES string of the molecule is Cc1ccc(-c2nn(-c3ccccc3)cc2/C=C2/N[C@H](S)N([C@@H](Cc3ccccc3)C(=O)O)S2=O)cc1. The molecule has 4 aromatic rings. The lowest BCUT2D eigenvalue weighted by molar-refractivity contribution is -0.141. The normalized spacial score (nSPS) is 19.6. The van der Waals surface area contributed by atoms with Gasteiger partial charge in [-0.05, 0) is 37.1 Å². The zero-order valence-electron chi connectivity index (χ0n) is 20.1. The van der Waals surface area contributed by atoms with Crippen molar-refractivity contribution in [3.8, 4) is 16.9 Å². The van der Waals surface area contributed by atoms with Crippen LogP contribution >= 0.6 is 12.6 Å². The maximum atomic E-state index is 13.6. The molecule has 1 saturated heterocycles. The quantitative estimate of drug-likeness (QED) is 0.304. The number of aryl methyl sites for hydroxylation is 1. The monoisotopic (exact) mass is 530 g/mol. The van der Waals surface area contributed by atoms with Gasteiger partial charge in [-0.3, -0.25) is 4.79 Å². The van der Waals surface area contributed by atoms with Gasteiger partial charge >= 0.3 is 5.97 Å². The first-order valence-corrected chi connectivity index (χ1v) is 13.4. The molecule has 1 aliphatic heterocycles. The number of para-hydroxylation sites is 1. The maximum Gasteiger partial charge on any atom is 0.322 e. The van der Waals surface area contributed by atoms with E-state index >= 15 is 0 Å². The molecule has 3 aromatic carbocycles. The Bertz CT molecular complexity index is 1450. The molecule has 0 spiro atoms. The number of carboxylic acids is 1. The molecule has 0 saturated carbocycles. The number of benzene rings is 3. The van der Waals surface area contributed by atoms with Crippen molar-refractivity contribution in [2.45, 2.75) is 24.9 Å². The molecular formula is C28H26N4O3S2. The van der Waals surface area contributed by atoms with E-state index < -0.39 is 28.5 Å². The Morgan fingerprint density at radius 2 is 1.73 bits per heavy atom. The lowest BCUT2D eigenvalue weighted by Crippen LogP contribution is -2.45. The number of hydrogen-bond donors (Lipinski definition) is 3. The molecular weight excluding hydrogens is 504 g/mol. The molecule has 188 valence electrons. The van der Waals surface area contributed by atoms with Crippen molar-refractivity contribution < 1.29 is 14.1 Å². The van der Waals surface area contributed by atoms with Gasteiger partial charge in [-0.15, -0.1) is 12.6 Å². The molecule has 2 heterocycles. The number of rotatable bonds is 7. The standard InChI is InChI=1S/C28H26N4O3S2/c1-19-12-14-21(15-13-19)26-22(18-31(30-26)23-10-6-3-7-11-23)17-25-29-28(36)32(37(25)35)24(27(33)34)16-20-8-4-2-5-9-20/h2-15,17-18,24,28-29,36H,16H2,1H3,(H,33,34)/b25-17-/t24-,28-,37?/m0/s1. The zero-order chi connectivity index (χ0) is 25.9. The number of thiol groups is 1. The van der Waals surface area contributed by atoms with E-state index in [1.165, 1.54) is 4.31 Å². The Morgan fingerprint density at radius 1 is 1.08 bits per heavy atom. The Kier molecular flexibility index (Phi) is 7.27. The van der Waals surface area contributed by atoms with Crippen molar-refractivity contribution in [1.82, 2.24) is 19.4 Å². The Balaban J connectivity index is 1.52. The molecule has 1 fully saturated rings. The highest BCUT2D eigenvalue weighted by atomic mass is 32.2. The molecule has 0 amide bonds. The summed E-state index contributed by atoms with van der Waals surface area (Å²) >= 11 is 4.54. The van der Waals surface area contributed by atoms with Gasteiger partial charge < -0.3 is 10.4 Å². The first kappa shape index (κ1) is 25.0. The minimum atomic E-state index is -1.77. The highest BCUT2D eigenvalue weighted by Gasteiger charge is 2.41. The second-order valence-corrected chi connectivity index (χ2v) is 10.6. The zero-order valence-corrected chi connectivity index (χ0v) is 21.8. The number of aliphatic carboxylic acids is 1. The molecule has 3 atom stereocenters. The molecule has 9 heteroatoms. The van der Waals surface area contributed by atoms with E-state index in [0.29, 0.717) is 5.03 Å². The van der Waals surface area contributed by atoms with Crippen molar-refractivity contribution in [3.63, 3.8) is 0 Å².